The second-order valence-electron chi connectivity index (χ2n) is 7.60. The van der Waals surface area contributed by atoms with E-state index in [0.717, 1.165) is 6.07 Å². The Morgan fingerprint density at radius 2 is 2.00 bits per heavy atom. The number of amides is 1. The quantitative estimate of drug-likeness (QED) is 0.478. The van der Waals surface area contributed by atoms with Crippen LogP contribution in [0.1, 0.15) is 60.9 Å². The number of hydrogen-bond donors (Lipinski definition) is 3. The molecule has 10 heteroatoms. The number of ether oxygens (including phenoxy) is 1. The van der Waals surface area contributed by atoms with Crippen molar-refractivity contribution < 1.29 is 28.7 Å². The van der Waals surface area contributed by atoms with Gasteiger partial charge in [-0.25, -0.2) is 0 Å². The lowest BCUT2D eigenvalue weighted by molar-refractivity contribution is -0.121. The number of carbonyl (C=O) groups is 1. The molecular formula is C22H25N3O7. The Morgan fingerprint density at radius 1 is 1.25 bits per heavy atom. The van der Waals surface area contributed by atoms with E-state index in [4.69, 9.17) is 13.7 Å². The Balaban J connectivity index is 1.89. The number of hydrogen-bond acceptors (Lipinski definition) is 9. The SMILES string of the molecule is COc1cc([C@H](CC(=O)NCc2nc(C(C)C)no2)c2oc(C)cc(=O)c2O)ccc1O. The highest BCUT2D eigenvalue weighted by molar-refractivity contribution is 5.77. The molecule has 10 nitrogen and oxygen atoms in total. The van der Waals surface area contributed by atoms with Crippen LogP contribution in [0.25, 0.3) is 0 Å². The lowest BCUT2D eigenvalue weighted by Crippen LogP contribution is -2.25. The summed E-state index contributed by atoms with van der Waals surface area (Å²) in [5.41, 5.74) is -0.120. The lowest BCUT2D eigenvalue weighted by Gasteiger charge is -2.18. The van der Waals surface area contributed by atoms with E-state index in [1.807, 2.05) is 13.8 Å². The monoisotopic (exact) mass is 443 g/mol. The number of aryl methyl sites for hydroxylation is 1. The van der Waals surface area contributed by atoms with Crippen LogP contribution in [0.5, 0.6) is 17.2 Å². The summed E-state index contributed by atoms with van der Waals surface area (Å²) >= 11 is 0. The number of phenols is 1. The van der Waals surface area contributed by atoms with Gasteiger partial charge in [0.1, 0.15) is 5.76 Å². The van der Waals surface area contributed by atoms with Crippen LogP contribution in [-0.4, -0.2) is 33.4 Å². The standard InChI is InChI=1S/C22H25N3O7/c1-11(2)22-24-19(32-25-22)10-23-18(28)9-14(13-5-6-15(26)17(8-13)30-4)21-20(29)16(27)7-12(3)31-21/h5-8,11,14,26,29H,9-10H2,1-4H3,(H,23,28)/t14-/m0/s1. The number of nitrogens with zero attached hydrogens (tertiary/aromatic N) is 2. The van der Waals surface area contributed by atoms with Crippen molar-refractivity contribution >= 4 is 5.91 Å². The van der Waals surface area contributed by atoms with Crippen LogP contribution in [0.4, 0.5) is 0 Å². The highest BCUT2D eigenvalue weighted by Crippen LogP contribution is 2.37. The number of rotatable bonds is 8. The summed E-state index contributed by atoms with van der Waals surface area (Å²) < 4.78 is 15.9. The minimum atomic E-state index is -0.828. The van der Waals surface area contributed by atoms with Crippen molar-refractivity contribution in [3.05, 3.63) is 63.3 Å². The zero-order valence-electron chi connectivity index (χ0n) is 18.2. The molecular weight excluding hydrogens is 418 g/mol. The number of phenolic OH excluding ortho intramolecular Hbond substituents is 1. The molecule has 170 valence electrons. The number of aromatic hydroxyl groups is 2. The normalized spacial score (nSPS) is 12.0. The van der Waals surface area contributed by atoms with Crippen molar-refractivity contribution in [1.82, 2.24) is 15.5 Å². The van der Waals surface area contributed by atoms with Crippen LogP contribution in [0.15, 0.2) is 38.0 Å². The predicted molar refractivity (Wildman–Crippen MR) is 113 cm³/mol. The second kappa shape index (κ2) is 9.54. The maximum atomic E-state index is 12.7. The van der Waals surface area contributed by atoms with Gasteiger partial charge in [-0.1, -0.05) is 25.1 Å². The van der Waals surface area contributed by atoms with Crippen molar-refractivity contribution in [2.75, 3.05) is 7.11 Å². The maximum Gasteiger partial charge on any atom is 0.246 e. The van der Waals surface area contributed by atoms with Crippen LogP contribution < -0.4 is 15.5 Å². The van der Waals surface area contributed by atoms with Gasteiger partial charge >= 0.3 is 0 Å². The van der Waals surface area contributed by atoms with Crippen molar-refractivity contribution in [2.24, 2.45) is 0 Å². The third-order valence-electron chi connectivity index (χ3n) is 4.82. The zero-order chi connectivity index (χ0) is 23.4. The smallest absolute Gasteiger partial charge is 0.246 e. The minimum absolute atomic E-state index is 0.0217. The predicted octanol–water partition coefficient (Wildman–Crippen LogP) is 2.71. The zero-order valence-corrected chi connectivity index (χ0v) is 18.2. The van der Waals surface area contributed by atoms with Gasteiger partial charge in [-0.05, 0) is 24.6 Å². The van der Waals surface area contributed by atoms with Crippen LogP contribution in [0.3, 0.4) is 0 Å². The Labute approximate surface area is 183 Å². The summed E-state index contributed by atoms with van der Waals surface area (Å²) in [6.45, 7) is 5.44. The Morgan fingerprint density at radius 3 is 2.66 bits per heavy atom. The summed E-state index contributed by atoms with van der Waals surface area (Å²) in [5, 5.41) is 26.8. The molecule has 32 heavy (non-hydrogen) atoms. The molecule has 1 amide bonds. The van der Waals surface area contributed by atoms with Crippen LogP contribution in [0.2, 0.25) is 0 Å². The Hall–Kier alpha value is -3.82. The summed E-state index contributed by atoms with van der Waals surface area (Å²) in [4.78, 5) is 29.1. The molecule has 0 aliphatic heterocycles. The van der Waals surface area contributed by atoms with E-state index in [0.29, 0.717) is 11.4 Å². The fourth-order valence-electron chi connectivity index (χ4n) is 3.14. The van der Waals surface area contributed by atoms with E-state index >= 15 is 0 Å². The molecule has 3 rings (SSSR count). The molecule has 0 bridgehead atoms. The molecule has 0 fully saturated rings. The summed E-state index contributed by atoms with van der Waals surface area (Å²) in [6.07, 6.45) is -0.168. The molecule has 3 N–H and O–H groups in total. The van der Waals surface area contributed by atoms with E-state index < -0.39 is 23.0 Å². The summed E-state index contributed by atoms with van der Waals surface area (Å²) in [5.74, 6) is -0.626. The number of methoxy groups -OCH3 is 1. The first kappa shape index (κ1) is 22.9. The second-order valence-corrected chi connectivity index (χ2v) is 7.60. The molecule has 0 spiro atoms. The number of nitrogens with one attached hydrogen (secondary N) is 1. The third kappa shape index (κ3) is 5.08. The average molecular weight is 443 g/mol. The fraction of sp³-hybridized carbons (Fsp3) is 0.364. The number of benzene rings is 1. The van der Waals surface area contributed by atoms with E-state index in [9.17, 15) is 19.8 Å². The van der Waals surface area contributed by atoms with Crippen molar-refractivity contribution in [3.63, 3.8) is 0 Å². The van der Waals surface area contributed by atoms with Crippen LogP contribution >= 0.6 is 0 Å². The number of aromatic nitrogens is 2. The summed E-state index contributed by atoms with van der Waals surface area (Å²) in [7, 11) is 1.39. The molecule has 0 aliphatic carbocycles. The molecule has 1 aromatic carbocycles. The first-order valence-corrected chi connectivity index (χ1v) is 9.99. The van der Waals surface area contributed by atoms with Crippen molar-refractivity contribution in [3.8, 4) is 17.2 Å². The first-order chi connectivity index (χ1) is 15.2. The van der Waals surface area contributed by atoms with Gasteiger partial charge in [-0.2, -0.15) is 4.98 Å². The van der Waals surface area contributed by atoms with Gasteiger partial charge in [0, 0.05) is 18.4 Å². The molecule has 0 saturated heterocycles. The van der Waals surface area contributed by atoms with E-state index in [2.05, 4.69) is 15.5 Å². The van der Waals surface area contributed by atoms with Gasteiger partial charge in [-0.15, -0.1) is 0 Å². The molecule has 1 atom stereocenters. The van der Waals surface area contributed by atoms with E-state index in [1.54, 1.807) is 13.0 Å². The van der Waals surface area contributed by atoms with Crippen molar-refractivity contribution in [1.29, 1.82) is 0 Å². The van der Waals surface area contributed by atoms with Crippen molar-refractivity contribution in [2.45, 2.75) is 45.6 Å². The van der Waals surface area contributed by atoms with Gasteiger partial charge in [-0.3, -0.25) is 9.59 Å². The molecule has 3 aromatic rings. The van der Waals surface area contributed by atoms with Gasteiger partial charge in [0.2, 0.25) is 23.0 Å². The van der Waals surface area contributed by atoms with Crippen LogP contribution in [0, 0.1) is 6.92 Å². The van der Waals surface area contributed by atoms with Crippen LogP contribution in [-0.2, 0) is 11.3 Å². The van der Waals surface area contributed by atoms with Gasteiger partial charge in [0.15, 0.2) is 23.1 Å². The van der Waals surface area contributed by atoms with E-state index in [-0.39, 0.29) is 47.8 Å². The topological polar surface area (TPSA) is 148 Å². The number of carbonyl (C=O) groups excluding carboxylic acids is 1. The molecule has 0 aliphatic rings. The highest BCUT2D eigenvalue weighted by atomic mass is 16.5. The Bertz CT molecular complexity index is 1170. The molecule has 0 unspecified atom stereocenters. The van der Waals surface area contributed by atoms with Gasteiger partial charge < -0.3 is 29.2 Å². The molecule has 0 radical (unpaired) electrons. The molecule has 2 aromatic heterocycles. The Kier molecular flexibility index (Phi) is 6.82. The molecule has 2 heterocycles. The first-order valence-electron chi connectivity index (χ1n) is 9.99. The van der Waals surface area contributed by atoms with E-state index in [1.165, 1.54) is 19.2 Å². The minimum Gasteiger partial charge on any atom is -0.504 e. The third-order valence-corrected chi connectivity index (χ3v) is 4.82. The lowest BCUT2D eigenvalue weighted by atomic mass is 9.91. The van der Waals surface area contributed by atoms with Gasteiger partial charge in [0.25, 0.3) is 0 Å². The van der Waals surface area contributed by atoms with Gasteiger partial charge in [0.05, 0.1) is 19.6 Å². The molecule has 0 saturated carbocycles. The summed E-state index contributed by atoms with van der Waals surface area (Å²) in [6, 6.07) is 5.64. The average Bonchev–Trinajstić information content (AvgIpc) is 3.23. The highest BCUT2D eigenvalue weighted by Gasteiger charge is 2.27. The largest absolute Gasteiger partial charge is 0.504 e. The maximum absolute atomic E-state index is 12.7. The fourth-order valence-corrected chi connectivity index (χ4v) is 3.14.